The van der Waals surface area contributed by atoms with Crippen molar-refractivity contribution < 1.29 is 22.7 Å². The molecule has 7 heteroatoms. The lowest BCUT2D eigenvalue weighted by Crippen LogP contribution is -2.39. The van der Waals surface area contributed by atoms with Crippen molar-refractivity contribution in [3.63, 3.8) is 0 Å². The van der Waals surface area contributed by atoms with Crippen LogP contribution in [-0.2, 0) is 32.3 Å². The summed E-state index contributed by atoms with van der Waals surface area (Å²) in [6, 6.07) is 5.75. The lowest BCUT2D eigenvalue weighted by Gasteiger charge is -2.27. The minimum atomic E-state index is -2.90. The Kier molecular flexibility index (Phi) is 7.46. The van der Waals surface area contributed by atoms with Crippen molar-refractivity contribution >= 4 is 15.8 Å². The summed E-state index contributed by atoms with van der Waals surface area (Å²) in [5.74, 6) is 1.36. The number of ether oxygens (including phenoxy) is 2. The van der Waals surface area contributed by atoms with Crippen molar-refractivity contribution in [3.05, 3.63) is 29.3 Å². The van der Waals surface area contributed by atoms with Gasteiger partial charge in [0.05, 0.1) is 31.6 Å². The number of hydrogen-bond acceptors (Lipinski definition) is 6. The molecule has 1 atom stereocenters. The molecule has 146 valence electrons. The van der Waals surface area contributed by atoms with E-state index in [0.717, 1.165) is 23.3 Å². The van der Waals surface area contributed by atoms with Crippen LogP contribution in [0.4, 0.5) is 0 Å². The van der Waals surface area contributed by atoms with Gasteiger partial charge in [0.25, 0.3) is 0 Å². The van der Waals surface area contributed by atoms with Crippen LogP contribution in [0.25, 0.3) is 0 Å². The van der Waals surface area contributed by atoms with Crippen molar-refractivity contribution in [1.29, 1.82) is 0 Å². The number of carbonyl (C=O) groups is 1. The van der Waals surface area contributed by atoms with Crippen LogP contribution in [-0.4, -0.2) is 57.6 Å². The zero-order chi connectivity index (χ0) is 19.2. The zero-order valence-electron chi connectivity index (χ0n) is 15.9. The summed E-state index contributed by atoms with van der Waals surface area (Å²) in [5, 5.41) is 0. The molecule has 0 aliphatic carbocycles. The third-order valence-electron chi connectivity index (χ3n) is 4.75. The molecule has 1 aliphatic heterocycles. The molecule has 0 saturated carbocycles. The van der Waals surface area contributed by atoms with Gasteiger partial charge in [-0.1, -0.05) is 32.4 Å². The first-order valence-electron chi connectivity index (χ1n) is 9.07. The molecule has 0 bridgehead atoms. The van der Waals surface area contributed by atoms with Crippen molar-refractivity contribution in [2.75, 3.05) is 38.3 Å². The quantitative estimate of drug-likeness (QED) is 0.640. The molecule has 0 spiro atoms. The zero-order valence-corrected chi connectivity index (χ0v) is 16.7. The van der Waals surface area contributed by atoms with E-state index in [2.05, 4.69) is 18.7 Å². The molecule has 1 saturated heterocycles. The van der Waals surface area contributed by atoms with E-state index in [9.17, 15) is 13.2 Å². The largest absolute Gasteiger partial charge is 0.493 e. The van der Waals surface area contributed by atoms with Gasteiger partial charge in [-0.05, 0) is 17.5 Å². The fraction of sp³-hybridized carbons (Fsp3) is 0.632. The molecule has 1 fully saturated rings. The number of nitrogens with zero attached hydrogens (tertiary/aromatic N) is 1. The maximum absolute atomic E-state index is 11.6. The second-order valence-corrected chi connectivity index (χ2v) is 9.25. The number of hydrogen-bond donors (Lipinski definition) is 0. The lowest BCUT2D eigenvalue weighted by atomic mass is 10.1. The smallest absolute Gasteiger partial charge is 0.309 e. The van der Waals surface area contributed by atoms with E-state index < -0.39 is 9.84 Å². The Labute approximate surface area is 156 Å². The molecule has 1 aromatic carbocycles. The van der Waals surface area contributed by atoms with Gasteiger partial charge in [-0.25, -0.2) is 8.42 Å². The fourth-order valence-electron chi connectivity index (χ4n) is 2.75. The summed E-state index contributed by atoms with van der Waals surface area (Å²) >= 11 is 0. The minimum Gasteiger partial charge on any atom is -0.493 e. The van der Waals surface area contributed by atoms with E-state index in [1.807, 2.05) is 18.2 Å². The number of methoxy groups -OCH3 is 1. The molecule has 0 N–H and O–H groups in total. The van der Waals surface area contributed by atoms with Gasteiger partial charge in [0.15, 0.2) is 9.84 Å². The predicted octanol–water partition coefficient (Wildman–Crippen LogP) is 2.06. The summed E-state index contributed by atoms with van der Waals surface area (Å²) in [5.41, 5.74) is 1.85. The van der Waals surface area contributed by atoms with Gasteiger partial charge in [0.1, 0.15) is 5.75 Å². The van der Waals surface area contributed by atoms with E-state index in [1.54, 1.807) is 0 Å². The highest BCUT2D eigenvalue weighted by molar-refractivity contribution is 7.91. The molecule has 26 heavy (non-hydrogen) atoms. The highest BCUT2D eigenvalue weighted by Gasteiger charge is 2.22. The first-order chi connectivity index (χ1) is 12.3. The Hall–Kier alpha value is -1.60. The Morgan fingerprint density at radius 2 is 1.96 bits per heavy atom. The van der Waals surface area contributed by atoms with Gasteiger partial charge >= 0.3 is 5.97 Å². The third kappa shape index (κ3) is 6.29. The Morgan fingerprint density at radius 1 is 1.27 bits per heavy atom. The van der Waals surface area contributed by atoms with E-state index in [-0.39, 0.29) is 23.9 Å². The second kappa shape index (κ2) is 9.37. The Bertz CT molecular complexity index is 703. The SMILES string of the molecule is CC[C@H](C)COc1ccc(CC(=O)OC)cc1CN1CCS(=O)(=O)CC1. The third-order valence-corrected chi connectivity index (χ3v) is 6.36. The second-order valence-electron chi connectivity index (χ2n) is 6.95. The highest BCUT2D eigenvalue weighted by Crippen LogP contribution is 2.24. The number of esters is 1. The monoisotopic (exact) mass is 383 g/mol. The van der Waals surface area contributed by atoms with Gasteiger partial charge in [-0.3, -0.25) is 9.69 Å². The standard InChI is InChI=1S/C19H29NO5S/c1-4-15(2)14-25-18-6-5-16(12-19(21)24-3)11-17(18)13-20-7-9-26(22,23)10-8-20/h5-6,11,15H,4,7-10,12-14H2,1-3H3/t15-/m0/s1. The van der Waals surface area contributed by atoms with Crippen LogP contribution in [0.15, 0.2) is 18.2 Å². The number of rotatable bonds is 8. The first kappa shape index (κ1) is 20.7. The molecular formula is C19H29NO5S. The van der Waals surface area contributed by atoms with Crippen molar-refractivity contribution in [3.8, 4) is 5.75 Å². The average molecular weight is 384 g/mol. The molecule has 0 aromatic heterocycles. The van der Waals surface area contributed by atoms with Crippen LogP contribution in [0.5, 0.6) is 5.75 Å². The van der Waals surface area contributed by atoms with Gasteiger partial charge in [0.2, 0.25) is 0 Å². The van der Waals surface area contributed by atoms with E-state index in [4.69, 9.17) is 9.47 Å². The predicted molar refractivity (Wildman–Crippen MR) is 101 cm³/mol. The summed E-state index contributed by atoms with van der Waals surface area (Å²) in [4.78, 5) is 13.7. The van der Waals surface area contributed by atoms with Crippen LogP contribution < -0.4 is 4.74 Å². The molecule has 0 radical (unpaired) electrons. The van der Waals surface area contributed by atoms with Gasteiger partial charge in [-0.15, -0.1) is 0 Å². The summed E-state index contributed by atoms with van der Waals surface area (Å²) in [6.07, 6.45) is 1.25. The number of sulfone groups is 1. The Balaban J connectivity index is 2.14. The summed E-state index contributed by atoms with van der Waals surface area (Å²) in [6.45, 7) is 6.56. The van der Waals surface area contributed by atoms with Crippen molar-refractivity contribution in [2.24, 2.45) is 5.92 Å². The maximum atomic E-state index is 11.6. The highest BCUT2D eigenvalue weighted by atomic mass is 32.2. The van der Waals surface area contributed by atoms with Crippen LogP contribution in [0.3, 0.4) is 0 Å². The maximum Gasteiger partial charge on any atom is 0.309 e. The van der Waals surface area contributed by atoms with Gasteiger partial charge in [0, 0.05) is 25.2 Å². The molecular weight excluding hydrogens is 354 g/mol. The topological polar surface area (TPSA) is 72.9 Å². The lowest BCUT2D eigenvalue weighted by molar-refractivity contribution is -0.139. The average Bonchev–Trinajstić information content (AvgIpc) is 2.62. The van der Waals surface area contributed by atoms with Gasteiger partial charge < -0.3 is 9.47 Å². The molecule has 1 heterocycles. The van der Waals surface area contributed by atoms with E-state index in [1.165, 1.54) is 7.11 Å². The summed E-state index contributed by atoms with van der Waals surface area (Å²) < 4.78 is 34.0. The minimum absolute atomic E-state index is 0.192. The van der Waals surface area contributed by atoms with Crippen molar-refractivity contribution in [1.82, 2.24) is 4.90 Å². The molecule has 1 aliphatic rings. The van der Waals surface area contributed by atoms with Crippen LogP contribution in [0.1, 0.15) is 31.4 Å². The normalized spacial score (nSPS) is 18.3. The first-order valence-corrected chi connectivity index (χ1v) is 10.9. The summed E-state index contributed by atoms with van der Waals surface area (Å²) in [7, 11) is -1.53. The van der Waals surface area contributed by atoms with Gasteiger partial charge in [-0.2, -0.15) is 0 Å². The molecule has 0 unspecified atom stereocenters. The molecule has 6 nitrogen and oxygen atoms in total. The number of carbonyl (C=O) groups excluding carboxylic acids is 1. The fourth-order valence-corrected chi connectivity index (χ4v) is 4.02. The molecule has 0 amide bonds. The van der Waals surface area contributed by atoms with Crippen LogP contribution in [0.2, 0.25) is 0 Å². The molecule has 1 aromatic rings. The van der Waals surface area contributed by atoms with Crippen LogP contribution in [0, 0.1) is 5.92 Å². The van der Waals surface area contributed by atoms with Crippen molar-refractivity contribution in [2.45, 2.75) is 33.2 Å². The van der Waals surface area contributed by atoms with Crippen LogP contribution >= 0.6 is 0 Å². The Morgan fingerprint density at radius 3 is 2.58 bits per heavy atom. The van der Waals surface area contributed by atoms with E-state index >= 15 is 0 Å². The molecule has 2 rings (SSSR count). The number of benzene rings is 1. The van der Waals surface area contributed by atoms with E-state index in [0.29, 0.717) is 32.2 Å².